The van der Waals surface area contributed by atoms with Crippen LogP contribution in [0.15, 0.2) is 0 Å². The highest BCUT2D eigenvalue weighted by atomic mass is 32.2. The maximum absolute atomic E-state index is 11.4. The molecule has 0 spiro atoms. The number of carbonyl (C=O) groups is 1. The van der Waals surface area contributed by atoms with E-state index in [2.05, 4.69) is 5.32 Å². The smallest absolute Gasteiger partial charge is 0.408 e. The Labute approximate surface area is 95.9 Å². The van der Waals surface area contributed by atoms with Crippen LogP contribution in [0.25, 0.3) is 0 Å². The van der Waals surface area contributed by atoms with Crippen molar-refractivity contribution in [3.63, 3.8) is 0 Å². The number of sulfone groups is 1. The van der Waals surface area contributed by atoms with Crippen molar-refractivity contribution in [3.05, 3.63) is 0 Å². The number of amides is 1. The van der Waals surface area contributed by atoms with E-state index in [1.807, 2.05) is 0 Å². The van der Waals surface area contributed by atoms with Gasteiger partial charge in [-0.1, -0.05) is 0 Å². The number of aliphatic hydroxyl groups excluding tert-OH is 1. The van der Waals surface area contributed by atoms with Crippen molar-refractivity contribution < 1.29 is 23.1 Å². The van der Waals surface area contributed by atoms with E-state index in [0.717, 1.165) is 0 Å². The van der Waals surface area contributed by atoms with Gasteiger partial charge in [0, 0.05) is 0 Å². The molecule has 2 N–H and O–H groups in total. The minimum absolute atomic E-state index is 0.474. The normalized spacial score (nSPS) is 14.3. The van der Waals surface area contributed by atoms with Gasteiger partial charge in [-0.3, -0.25) is 0 Å². The average molecular weight is 253 g/mol. The largest absolute Gasteiger partial charge is 0.444 e. The van der Waals surface area contributed by atoms with E-state index in [0.29, 0.717) is 0 Å². The number of hydrogen-bond acceptors (Lipinski definition) is 5. The van der Waals surface area contributed by atoms with Gasteiger partial charge in [-0.05, 0) is 27.7 Å². The Hall–Kier alpha value is -0.820. The van der Waals surface area contributed by atoms with Gasteiger partial charge in [0.15, 0.2) is 9.84 Å². The fourth-order valence-electron chi connectivity index (χ4n) is 0.730. The van der Waals surface area contributed by atoms with Crippen LogP contribution in [-0.2, 0) is 14.6 Å². The van der Waals surface area contributed by atoms with E-state index in [1.54, 1.807) is 20.8 Å². The molecule has 0 fully saturated rings. The second-order valence-corrected chi connectivity index (χ2v) is 6.90. The maximum atomic E-state index is 11.4. The van der Waals surface area contributed by atoms with Gasteiger partial charge in [-0.15, -0.1) is 0 Å². The minimum atomic E-state index is -3.52. The molecule has 96 valence electrons. The number of aliphatic hydroxyl groups is 1. The van der Waals surface area contributed by atoms with Crippen LogP contribution >= 0.6 is 0 Å². The van der Waals surface area contributed by atoms with Crippen LogP contribution in [0.3, 0.4) is 0 Å². The monoisotopic (exact) mass is 253 g/mol. The first-order valence-electron chi connectivity index (χ1n) is 4.88. The summed E-state index contributed by atoms with van der Waals surface area (Å²) in [6, 6.07) is 0. The summed E-state index contributed by atoms with van der Waals surface area (Å²) in [6.07, 6.45) is -0.791. The number of ether oxygens (including phenoxy) is 1. The third-order valence-electron chi connectivity index (χ3n) is 1.69. The lowest BCUT2D eigenvalue weighted by Crippen LogP contribution is -2.38. The lowest BCUT2D eigenvalue weighted by atomic mass is 10.2. The molecule has 0 radical (unpaired) electrons. The summed E-state index contributed by atoms with van der Waals surface area (Å²) in [6.45, 7) is 5.93. The number of alkyl carbamates (subject to hydrolysis) is 1. The molecule has 0 aromatic rings. The zero-order valence-corrected chi connectivity index (χ0v) is 10.8. The fourth-order valence-corrected chi connectivity index (χ4v) is 1.56. The van der Waals surface area contributed by atoms with Crippen LogP contribution in [0.2, 0.25) is 0 Å². The first kappa shape index (κ1) is 15.2. The molecule has 0 aliphatic heterocycles. The van der Waals surface area contributed by atoms with Crippen LogP contribution in [0.4, 0.5) is 4.79 Å². The third kappa shape index (κ3) is 5.92. The highest BCUT2D eigenvalue weighted by molar-refractivity contribution is 7.92. The zero-order valence-electron chi connectivity index (χ0n) is 9.98. The predicted molar refractivity (Wildman–Crippen MR) is 59.7 cm³/mol. The zero-order chi connectivity index (χ0) is 13.0. The number of rotatable bonds is 4. The summed E-state index contributed by atoms with van der Waals surface area (Å²) in [5.74, 6) is -0.538. The molecule has 0 saturated heterocycles. The molecular weight excluding hydrogens is 234 g/mol. The van der Waals surface area contributed by atoms with Gasteiger partial charge in [-0.25, -0.2) is 13.2 Å². The van der Waals surface area contributed by atoms with Crippen molar-refractivity contribution >= 4 is 15.9 Å². The molecule has 0 heterocycles. The molecular formula is C9H19NO5S. The van der Waals surface area contributed by atoms with Crippen molar-refractivity contribution in [2.75, 3.05) is 12.5 Å². The van der Waals surface area contributed by atoms with Crippen LogP contribution in [0.1, 0.15) is 27.7 Å². The summed E-state index contributed by atoms with van der Waals surface area (Å²) >= 11 is 0. The third-order valence-corrected chi connectivity index (χ3v) is 3.61. The molecule has 0 unspecified atom stereocenters. The summed E-state index contributed by atoms with van der Waals surface area (Å²) in [4.78, 5) is 11.2. The van der Waals surface area contributed by atoms with Crippen LogP contribution in [-0.4, -0.2) is 43.0 Å². The second kappa shape index (κ2) is 5.49. The molecule has 0 aromatic carbocycles. The Morgan fingerprint density at radius 1 is 1.44 bits per heavy atom. The average Bonchev–Trinajstić information content (AvgIpc) is 2.11. The lowest BCUT2D eigenvalue weighted by molar-refractivity contribution is 0.0536. The molecule has 1 atom stereocenters. The van der Waals surface area contributed by atoms with Gasteiger partial charge < -0.3 is 15.2 Å². The van der Waals surface area contributed by atoms with E-state index in [9.17, 15) is 13.2 Å². The summed E-state index contributed by atoms with van der Waals surface area (Å²) in [7, 11) is -3.52. The molecule has 6 nitrogen and oxygen atoms in total. The molecule has 1 amide bonds. The maximum Gasteiger partial charge on any atom is 0.408 e. The van der Waals surface area contributed by atoms with Gasteiger partial charge in [-0.2, -0.15) is 0 Å². The highest BCUT2D eigenvalue weighted by Gasteiger charge is 2.22. The summed E-state index contributed by atoms with van der Waals surface area (Å²) < 4.78 is 27.7. The topological polar surface area (TPSA) is 92.7 Å². The fraction of sp³-hybridized carbons (Fsp3) is 0.889. The minimum Gasteiger partial charge on any atom is -0.444 e. The SMILES string of the molecule is C[C@H](CO)S(=O)(=O)CNC(=O)OC(C)(C)C. The van der Waals surface area contributed by atoms with E-state index in [1.165, 1.54) is 6.92 Å². The lowest BCUT2D eigenvalue weighted by Gasteiger charge is -2.20. The number of nitrogens with one attached hydrogen (secondary N) is 1. The van der Waals surface area contributed by atoms with Gasteiger partial charge in [0.2, 0.25) is 0 Å². The number of carbonyl (C=O) groups excluding carboxylic acids is 1. The van der Waals surface area contributed by atoms with Crippen molar-refractivity contribution in [1.82, 2.24) is 5.32 Å². The summed E-state index contributed by atoms with van der Waals surface area (Å²) in [5.41, 5.74) is -0.670. The summed E-state index contributed by atoms with van der Waals surface area (Å²) in [5, 5.41) is 9.93. The van der Waals surface area contributed by atoms with E-state index >= 15 is 0 Å². The Bertz CT molecular complexity index is 330. The Balaban J connectivity index is 4.22. The molecule has 0 aliphatic carbocycles. The molecule has 16 heavy (non-hydrogen) atoms. The van der Waals surface area contributed by atoms with Gasteiger partial charge in [0.25, 0.3) is 0 Å². The van der Waals surface area contributed by atoms with Crippen LogP contribution in [0, 0.1) is 0 Å². The second-order valence-electron chi connectivity index (χ2n) is 4.48. The van der Waals surface area contributed by atoms with Gasteiger partial charge >= 0.3 is 6.09 Å². The van der Waals surface area contributed by atoms with Gasteiger partial charge in [0.1, 0.15) is 11.5 Å². The van der Waals surface area contributed by atoms with Crippen LogP contribution < -0.4 is 5.32 Å². The molecule has 0 aliphatic rings. The molecule has 0 rings (SSSR count). The Morgan fingerprint density at radius 2 is 1.94 bits per heavy atom. The van der Waals surface area contributed by atoms with Crippen molar-refractivity contribution in [3.8, 4) is 0 Å². The predicted octanol–water partition coefficient (Wildman–Crippen LogP) is 0.264. The quantitative estimate of drug-likeness (QED) is 0.750. The van der Waals surface area contributed by atoms with E-state index < -0.39 is 39.3 Å². The first-order chi connectivity index (χ1) is 7.08. The van der Waals surface area contributed by atoms with Crippen molar-refractivity contribution in [2.24, 2.45) is 0 Å². The highest BCUT2D eigenvalue weighted by Crippen LogP contribution is 2.07. The molecule has 0 aromatic heterocycles. The first-order valence-corrected chi connectivity index (χ1v) is 6.59. The number of hydrogen-bond donors (Lipinski definition) is 2. The Morgan fingerprint density at radius 3 is 2.31 bits per heavy atom. The van der Waals surface area contributed by atoms with Crippen LogP contribution in [0.5, 0.6) is 0 Å². The van der Waals surface area contributed by atoms with E-state index in [4.69, 9.17) is 9.84 Å². The Kier molecular flexibility index (Phi) is 5.21. The standard InChI is InChI=1S/C9H19NO5S/c1-7(5-11)16(13,14)6-10-8(12)15-9(2,3)4/h7,11H,5-6H2,1-4H3,(H,10,12)/t7-/m1/s1. The van der Waals surface area contributed by atoms with Crippen molar-refractivity contribution in [1.29, 1.82) is 0 Å². The molecule has 0 bridgehead atoms. The molecule has 7 heteroatoms. The van der Waals surface area contributed by atoms with Crippen molar-refractivity contribution in [2.45, 2.75) is 38.5 Å². The van der Waals surface area contributed by atoms with E-state index in [-0.39, 0.29) is 0 Å². The van der Waals surface area contributed by atoms with Gasteiger partial charge in [0.05, 0.1) is 11.9 Å². The molecule has 0 saturated carbocycles.